The second kappa shape index (κ2) is 6.60. The number of aryl methyl sites for hydroxylation is 2. The van der Waals surface area contributed by atoms with Crippen molar-refractivity contribution in [2.24, 2.45) is 11.8 Å². The molecule has 0 radical (unpaired) electrons. The molecule has 19 heavy (non-hydrogen) atoms. The molecule has 0 saturated heterocycles. The van der Waals surface area contributed by atoms with Gasteiger partial charge < -0.3 is 9.73 Å². The van der Waals surface area contributed by atoms with E-state index in [9.17, 15) is 0 Å². The molecule has 1 aliphatic rings. The Morgan fingerprint density at radius 1 is 1.26 bits per heavy atom. The number of hydrogen-bond donors (Lipinski definition) is 1. The summed E-state index contributed by atoms with van der Waals surface area (Å²) in [7, 11) is 0. The van der Waals surface area contributed by atoms with Crippen LogP contribution in [-0.2, 0) is 0 Å². The smallest absolute Gasteiger partial charge is 0.105 e. The van der Waals surface area contributed by atoms with E-state index in [0.717, 1.165) is 29.9 Å². The molecule has 0 amide bonds. The van der Waals surface area contributed by atoms with Crippen LogP contribution in [0.1, 0.15) is 69.1 Å². The number of rotatable bonds is 5. The summed E-state index contributed by atoms with van der Waals surface area (Å²) in [5, 5.41) is 3.76. The summed E-state index contributed by atoms with van der Waals surface area (Å²) in [6.45, 7) is 9.88. The Morgan fingerprint density at radius 3 is 2.47 bits per heavy atom. The lowest BCUT2D eigenvalue weighted by Crippen LogP contribution is -2.31. The van der Waals surface area contributed by atoms with Crippen LogP contribution in [0, 0.1) is 25.7 Å². The van der Waals surface area contributed by atoms with Gasteiger partial charge in [-0.3, -0.25) is 0 Å². The second-order valence-electron chi connectivity index (χ2n) is 6.32. The van der Waals surface area contributed by atoms with Crippen molar-refractivity contribution >= 4 is 0 Å². The van der Waals surface area contributed by atoms with Gasteiger partial charge in [-0.25, -0.2) is 0 Å². The van der Waals surface area contributed by atoms with Crippen molar-refractivity contribution < 1.29 is 4.42 Å². The van der Waals surface area contributed by atoms with Crippen molar-refractivity contribution in [2.75, 3.05) is 6.54 Å². The van der Waals surface area contributed by atoms with Crippen LogP contribution >= 0.6 is 0 Å². The first kappa shape index (κ1) is 14.6. The summed E-state index contributed by atoms with van der Waals surface area (Å²) >= 11 is 0. The van der Waals surface area contributed by atoms with Gasteiger partial charge >= 0.3 is 0 Å². The Morgan fingerprint density at radius 2 is 1.95 bits per heavy atom. The molecule has 2 rings (SSSR count). The van der Waals surface area contributed by atoms with E-state index in [1.807, 2.05) is 0 Å². The highest BCUT2D eigenvalue weighted by Gasteiger charge is 2.28. The molecule has 0 aromatic carbocycles. The van der Waals surface area contributed by atoms with Gasteiger partial charge in [-0.05, 0) is 57.6 Å². The summed E-state index contributed by atoms with van der Waals surface area (Å²) in [5.74, 6) is 3.83. The maximum absolute atomic E-state index is 5.75. The molecule has 2 nitrogen and oxygen atoms in total. The monoisotopic (exact) mass is 263 g/mol. The van der Waals surface area contributed by atoms with E-state index in [0.29, 0.717) is 6.04 Å². The first-order chi connectivity index (χ1) is 9.11. The zero-order valence-electron chi connectivity index (χ0n) is 13.0. The lowest BCUT2D eigenvalue weighted by atomic mass is 9.77. The molecule has 1 aromatic heterocycles. The molecule has 1 aromatic rings. The minimum absolute atomic E-state index is 0.491. The van der Waals surface area contributed by atoms with Gasteiger partial charge in [0.1, 0.15) is 11.5 Å². The molecular formula is C17H29NO. The summed E-state index contributed by atoms with van der Waals surface area (Å²) in [6, 6.07) is 2.73. The number of nitrogens with one attached hydrogen (secondary N) is 1. The summed E-state index contributed by atoms with van der Waals surface area (Å²) in [4.78, 5) is 0. The third-order valence-corrected chi connectivity index (χ3v) is 4.56. The van der Waals surface area contributed by atoms with Gasteiger partial charge in [-0.1, -0.05) is 26.7 Å². The van der Waals surface area contributed by atoms with Crippen molar-refractivity contribution in [1.82, 2.24) is 5.32 Å². The average Bonchev–Trinajstić information content (AvgIpc) is 2.71. The van der Waals surface area contributed by atoms with E-state index in [2.05, 4.69) is 39.1 Å². The predicted molar refractivity (Wildman–Crippen MR) is 80.3 cm³/mol. The van der Waals surface area contributed by atoms with Crippen molar-refractivity contribution in [3.8, 4) is 0 Å². The minimum Gasteiger partial charge on any atom is -0.466 e. The predicted octanol–water partition coefficient (Wildman–Crippen LogP) is 4.76. The highest BCUT2D eigenvalue weighted by atomic mass is 16.3. The van der Waals surface area contributed by atoms with E-state index < -0.39 is 0 Å². The van der Waals surface area contributed by atoms with Crippen LogP contribution in [0.3, 0.4) is 0 Å². The number of hydrogen-bond acceptors (Lipinski definition) is 2. The van der Waals surface area contributed by atoms with Crippen molar-refractivity contribution in [3.63, 3.8) is 0 Å². The molecule has 108 valence electrons. The molecular weight excluding hydrogens is 234 g/mol. The van der Waals surface area contributed by atoms with Crippen molar-refractivity contribution in [1.29, 1.82) is 0 Å². The number of furan rings is 1. The van der Waals surface area contributed by atoms with E-state index in [4.69, 9.17) is 4.42 Å². The minimum atomic E-state index is 0.491. The molecule has 2 heteroatoms. The lowest BCUT2D eigenvalue weighted by Gasteiger charge is -2.33. The van der Waals surface area contributed by atoms with Crippen LogP contribution in [0.25, 0.3) is 0 Å². The highest BCUT2D eigenvalue weighted by Crippen LogP contribution is 2.38. The maximum atomic E-state index is 5.75. The Bertz CT molecular complexity index is 388. The third kappa shape index (κ3) is 3.62. The summed E-state index contributed by atoms with van der Waals surface area (Å²) in [5.41, 5.74) is 1.39. The molecule has 1 heterocycles. The summed E-state index contributed by atoms with van der Waals surface area (Å²) < 4.78 is 5.75. The fourth-order valence-electron chi connectivity index (χ4n) is 3.41. The van der Waals surface area contributed by atoms with Crippen LogP contribution in [0.5, 0.6) is 0 Å². The van der Waals surface area contributed by atoms with Crippen LogP contribution in [0.4, 0.5) is 0 Å². The molecule has 0 spiro atoms. The van der Waals surface area contributed by atoms with Crippen LogP contribution in [0.2, 0.25) is 0 Å². The van der Waals surface area contributed by atoms with E-state index in [-0.39, 0.29) is 0 Å². The van der Waals surface area contributed by atoms with Crippen LogP contribution in [-0.4, -0.2) is 6.54 Å². The Labute approximate surface area is 118 Å². The van der Waals surface area contributed by atoms with Crippen LogP contribution < -0.4 is 5.32 Å². The molecule has 0 aliphatic heterocycles. The third-order valence-electron chi connectivity index (χ3n) is 4.56. The molecule has 0 bridgehead atoms. The van der Waals surface area contributed by atoms with Gasteiger partial charge in [-0.15, -0.1) is 0 Å². The van der Waals surface area contributed by atoms with Gasteiger partial charge in [0.15, 0.2) is 0 Å². The fraction of sp³-hybridized carbons (Fsp3) is 0.765. The Kier molecular flexibility index (Phi) is 5.09. The van der Waals surface area contributed by atoms with Gasteiger partial charge in [0.05, 0.1) is 0 Å². The zero-order valence-corrected chi connectivity index (χ0v) is 13.0. The SMILES string of the molecule is CCCNC(c1cc(C)oc1C)C1CCC(C)CC1. The standard InChI is InChI=1S/C17H29NO/c1-5-10-18-17(15-8-6-12(2)7-9-15)16-11-13(3)19-14(16)4/h11-12,15,17-18H,5-10H2,1-4H3. The highest BCUT2D eigenvalue weighted by molar-refractivity contribution is 5.25. The molecule has 1 aliphatic carbocycles. The van der Waals surface area contributed by atoms with Gasteiger partial charge in [0.2, 0.25) is 0 Å². The molecule has 1 N–H and O–H groups in total. The van der Waals surface area contributed by atoms with Crippen LogP contribution in [0.15, 0.2) is 10.5 Å². The molecule has 1 saturated carbocycles. The first-order valence-electron chi connectivity index (χ1n) is 7.92. The first-order valence-corrected chi connectivity index (χ1v) is 7.92. The second-order valence-corrected chi connectivity index (χ2v) is 6.32. The molecule has 1 unspecified atom stereocenters. The average molecular weight is 263 g/mol. The Hall–Kier alpha value is -0.760. The van der Waals surface area contributed by atoms with Gasteiger partial charge in [0, 0.05) is 11.6 Å². The zero-order chi connectivity index (χ0) is 13.8. The maximum Gasteiger partial charge on any atom is 0.105 e. The van der Waals surface area contributed by atoms with Crippen molar-refractivity contribution in [3.05, 3.63) is 23.2 Å². The van der Waals surface area contributed by atoms with E-state index in [1.165, 1.54) is 37.7 Å². The van der Waals surface area contributed by atoms with Gasteiger partial charge in [0.25, 0.3) is 0 Å². The van der Waals surface area contributed by atoms with E-state index in [1.54, 1.807) is 0 Å². The molecule has 1 fully saturated rings. The summed E-state index contributed by atoms with van der Waals surface area (Å²) in [6.07, 6.45) is 6.66. The normalized spacial score (nSPS) is 25.5. The quantitative estimate of drug-likeness (QED) is 0.828. The topological polar surface area (TPSA) is 25.2 Å². The lowest BCUT2D eigenvalue weighted by molar-refractivity contribution is 0.230. The van der Waals surface area contributed by atoms with Crippen molar-refractivity contribution in [2.45, 2.75) is 65.8 Å². The fourth-order valence-corrected chi connectivity index (χ4v) is 3.41. The van der Waals surface area contributed by atoms with Gasteiger partial charge in [-0.2, -0.15) is 0 Å². The molecule has 1 atom stereocenters. The largest absolute Gasteiger partial charge is 0.466 e. The Balaban J connectivity index is 2.13. The van der Waals surface area contributed by atoms with E-state index >= 15 is 0 Å².